The average molecular weight is 227 g/mol. The fourth-order valence-corrected chi connectivity index (χ4v) is 2.41. The van der Waals surface area contributed by atoms with Crippen LogP contribution in [0.15, 0.2) is 0 Å². The molecule has 2 nitrogen and oxygen atoms in total. The smallest absolute Gasteiger partial charge is 0.0599 e. The summed E-state index contributed by atoms with van der Waals surface area (Å²) in [4.78, 5) is 0. The van der Waals surface area contributed by atoms with E-state index >= 15 is 0 Å². The van der Waals surface area contributed by atoms with Crippen molar-refractivity contribution in [3.8, 4) is 0 Å². The Hall–Kier alpha value is -0.0800. The number of hydrogen-bond donors (Lipinski definition) is 1. The van der Waals surface area contributed by atoms with Gasteiger partial charge in [-0.05, 0) is 45.6 Å². The highest BCUT2D eigenvalue weighted by Crippen LogP contribution is 2.28. The molecule has 96 valence electrons. The van der Waals surface area contributed by atoms with E-state index in [-0.39, 0.29) is 5.60 Å². The number of ether oxygens (including phenoxy) is 1. The summed E-state index contributed by atoms with van der Waals surface area (Å²) < 4.78 is 5.68. The molecule has 2 unspecified atom stereocenters. The second-order valence-electron chi connectivity index (χ2n) is 6.19. The van der Waals surface area contributed by atoms with Crippen LogP contribution in [0.25, 0.3) is 0 Å². The van der Waals surface area contributed by atoms with E-state index in [1.165, 1.54) is 32.2 Å². The van der Waals surface area contributed by atoms with Crippen LogP contribution in [0.4, 0.5) is 0 Å². The van der Waals surface area contributed by atoms with Gasteiger partial charge in [-0.3, -0.25) is 0 Å². The van der Waals surface area contributed by atoms with Crippen LogP contribution in [-0.2, 0) is 4.74 Å². The van der Waals surface area contributed by atoms with Gasteiger partial charge in [0, 0.05) is 6.54 Å². The summed E-state index contributed by atoms with van der Waals surface area (Å²) in [6.45, 7) is 11.7. The molecule has 16 heavy (non-hydrogen) atoms. The van der Waals surface area contributed by atoms with E-state index in [0.29, 0.717) is 0 Å². The molecule has 1 N–H and O–H groups in total. The quantitative estimate of drug-likeness (QED) is 0.728. The van der Waals surface area contributed by atoms with Crippen LogP contribution in [0.3, 0.4) is 0 Å². The first kappa shape index (κ1) is 14.0. The SMILES string of the molecule is CC1CCCCC1CNCCOC(C)(C)C. The zero-order valence-corrected chi connectivity index (χ0v) is 11.5. The lowest BCUT2D eigenvalue weighted by Crippen LogP contribution is -2.33. The Balaban J connectivity index is 2.02. The van der Waals surface area contributed by atoms with Gasteiger partial charge >= 0.3 is 0 Å². The van der Waals surface area contributed by atoms with Gasteiger partial charge in [0.15, 0.2) is 0 Å². The van der Waals surface area contributed by atoms with Crippen molar-refractivity contribution >= 4 is 0 Å². The number of nitrogens with one attached hydrogen (secondary N) is 1. The van der Waals surface area contributed by atoms with Crippen molar-refractivity contribution < 1.29 is 4.74 Å². The predicted octanol–water partition coefficient (Wildman–Crippen LogP) is 3.22. The normalized spacial score (nSPS) is 27.0. The van der Waals surface area contributed by atoms with Gasteiger partial charge < -0.3 is 10.1 Å². The number of hydrogen-bond acceptors (Lipinski definition) is 2. The van der Waals surface area contributed by atoms with Crippen LogP contribution in [0, 0.1) is 11.8 Å². The van der Waals surface area contributed by atoms with Crippen LogP contribution in [0.5, 0.6) is 0 Å². The summed E-state index contributed by atoms with van der Waals surface area (Å²) in [5, 5.41) is 3.53. The van der Waals surface area contributed by atoms with Crippen molar-refractivity contribution in [3.63, 3.8) is 0 Å². The maximum atomic E-state index is 5.68. The van der Waals surface area contributed by atoms with Gasteiger partial charge in [-0.2, -0.15) is 0 Å². The molecule has 2 atom stereocenters. The van der Waals surface area contributed by atoms with Crippen molar-refractivity contribution in [1.29, 1.82) is 0 Å². The molecular weight excluding hydrogens is 198 g/mol. The molecular formula is C14H29NO. The molecule has 0 aliphatic heterocycles. The lowest BCUT2D eigenvalue weighted by molar-refractivity contribution is -0.00130. The second kappa shape index (κ2) is 6.61. The van der Waals surface area contributed by atoms with Crippen LogP contribution in [0.1, 0.15) is 53.4 Å². The summed E-state index contributed by atoms with van der Waals surface area (Å²) >= 11 is 0. The van der Waals surface area contributed by atoms with E-state index in [2.05, 4.69) is 33.0 Å². The molecule has 0 heterocycles. The van der Waals surface area contributed by atoms with Crippen molar-refractivity contribution in [2.75, 3.05) is 19.7 Å². The van der Waals surface area contributed by atoms with Gasteiger partial charge in [0.25, 0.3) is 0 Å². The summed E-state index contributed by atoms with van der Waals surface area (Å²) in [5.41, 5.74) is -0.000188. The highest BCUT2D eigenvalue weighted by atomic mass is 16.5. The second-order valence-corrected chi connectivity index (χ2v) is 6.19. The first-order valence-electron chi connectivity index (χ1n) is 6.84. The molecule has 0 bridgehead atoms. The largest absolute Gasteiger partial charge is 0.375 e. The molecule has 0 radical (unpaired) electrons. The monoisotopic (exact) mass is 227 g/mol. The van der Waals surface area contributed by atoms with Gasteiger partial charge in [-0.15, -0.1) is 0 Å². The summed E-state index contributed by atoms with van der Waals surface area (Å²) in [6.07, 6.45) is 5.69. The minimum absolute atomic E-state index is 0.000188. The van der Waals surface area contributed by atoms with Gasteiger partial charge in [-0.1, -0.05) is 26.2 Å². The molecule has 0 amide bonds. The average Bonchev–Trinajstić information content (AvgIpc) is 2.18. The fraction of sp³-hybridized carbons (Fsp3) is 1.00. The minimum atomic E-state index is -0.000188. The molecule has 0 aromatic rings. The standard InChI is InChI=1S/C14H29NO/c1-12-7-5-6-8-13(12)11-15-9-10-16-14(2,3)4/h12-13,15H,5-11H2,1-4H3. The minimum Gasteiger partial charge on any atom is -0.375 e. The predicted molar refractivity (Wildman–Crippen MR) is 69.7 cm³/mol. The van der Waals surface area contributed by atoms with Crippen molar-refractivity contribution in [3.05, 3.63) is 0 Å². The highest BCUT2D eigenvalue weighted by molar-refractivity contribution is 4.74. The van der Waals surface area contributed by atoms with Gasteiger partial charge in [0.05, 0.1) is 12.2 Å². The Morgan fingerprint density at radius 2 is 1.88 bits per heavy atom. The molecule has 0 saturated heterocycles. The van der Waals surface area contributed by atoms with Gasteiger partial charge in [-0.25, -0.2) is 0 Å². The zero-order chi connectivity index (χ0) is 12.0. The van der Waals surface area contributed by atoms with E-state index < -0.39 is 0 Å². The molecule has 1 rings (SSSR count). The molecule has 0 spiro atoms. The molecule has 1 fully saturated rings. The van der Waals surface area contributed by atoms with Crippen LogP contribution in [0.2, 0.25) is 0 Å². The summed E-state index contributed by atoms with van der Waals surface area (Å²) in [5.74, 6) is 1.80. The third-order valence-corrected chi connectivity index (χ3v) is 3.51. The molecule has 0 aromatic carbocycles. The summed E-state index contributed by atoms with van der Waals surface area (Å²) in [7, 11) is 0. The molecule has 1 saturated carbocycles. The first-order valence-corrected chi connectivity index (χ1v) is 6.84. The number of rotatable bonds is 5. The van der Waals surface area contributed by atoms with E-state index in [9.17, 15) is 0 Å². The molecule has 0 aromatic heterocycles. The molecule has 2 heteroatoms. The van der Waals surface area contributed by atoms with Gasteiger partial charge in [0.2, 0.25) is 0 Å². The van der Waals surface area contributed by atoms with E-state index in [1.54, 1.807) is 0 Å². The van der Waals surface area contributed by atoms with E-state index in [4.69, 9.17) is 4.74 Å². The van der Waals surface area contributed by atoms with Crippen molar-refractivity contribution in [1.82, 2.24) is 5.32 Å². The van der Waals surface area contributed by atoms with Gasteiger partial charge in [0.1, 0.15) is 0 Å². The Labute approximate surface area is 101 Å². The topological polar surface area (TPSA) is 21.3 Å². The maximum absolute atomic E-state index is 5.68. The lowest BCUT2D eigenvalue weighted by Gasteiger charge is -2.29. The Kier molecular flexibility index (Phi) is 5.77. The zero-order valence-electron chi connectivity index (χ0n) is 11.5. The molecule has 1 aliphatic carbocycles. The maximum Gasteiger partial charge on any atom is 0.0599 e. The highest BCUT2D eigenvalue weighted by Gasteiger charge is 2.20. The summed E-state index contributed by atoms with van der Waals surface area (Å²) in [6, 6.07) is 0. The Morgan fingerprint density at radius 1 is 1.19 bits per heavy atom. The van der Waals surface area contributed by atoms with Crippen LogP contribution < -0.4 is 5.32 Å². The Morgan fingerprint density at radius 3 is 2.50 bits per heavy atom. The third-order valence-electron chi connectivity index (χ3n) is 3.51. The third kappa shape index (κ3) is 5.86. The molecule has 1 aliphatic rings. The fourth-order valence-electron chi connectivity index (χ4n) is 2.41. The van der Waals surface area contributed by atoms with E-state index in [0.717, 1.165) is 25.0 Å². The van der Waals surface area contributed by atoms with E-state index in [1.807, 2.05) is 0 Å². The van der Waals surface area contributed by atoms with Crippen molar-refractivity contribution in [2.24, 2.45) is 11.8 Å². The van der Waals surface area contributed by atoms with Crippen LogP contribution in [-0.4, -0.2) is 25.3 Å². The Bertz CT molecular complexity index is 186. The first-order chi connectivity index (χ1) is 7.49. The van der Waals surface area contributed by atoms with Crippen LogP contribution >= 0.6 is 0 Å². The lowest BCUT2D eigenvalue weighted by atomic mass is 9.80. The van der Waals surface area contributed by atoms with Crippen molar-refractivity contribution in [2.45, 2.75) is 59.0 Å².